The lowest BCUT2D eigenvalue weighted by Crippen LogP contribution is -2.64. The summed E-state index contributed by atoms with van der Waals surface area (Å²) in [7, 11) is 0. The highest BCUT2D eigenvalue weighted by atomic mass is 32.2. The molecule has 2 saturated heterocycles. The van der Waals surface area contributed by atoms with Crippen LogP contribution >= 0.6 is 11.8 Å². The Morgan fingerprint density at radius 2 is 1.35 bits per heavy atom. The number of esters is 2. The van der Waals surface area contributed by atoms with Gasteiger partial charge in [-0.2, -0.15) is 11.8 Å². The summed E-state index contributed by atoms with van der Waals surface area (Å²) in [6.45, 7) is 17.0. The van der Waals surface area contributed by atoms with Gasteiger partial charge in [-0.3, -0.25) is 9.59 Å². The lowest BCUT2D eigenvalue weighted by Gasteiger charge is -2.42. The van der Waals surface area contributed by atoms with Crippen LogP contribution in [-0.2, 0) is 38.0 Å². The Bertz CT molecular complexity index is 1030. The zero-order valence-electron chi connectivity index (χ0n) is 25.3. The maximum Gasteiger partial charge on any atom is 0.311 e. The van der Waals surface area contributed by atoms with Crippen LogP contribution in [0.4, 0.5) is 0 Å². The van der Waals surface area contributed by atoms with Gasteiger partial charge in [-0.15, -0.1) is 0 Å². The molecule has 7 atom stereocenters. The third-order valence-corrected chi connectivity index (χ3v) is 8.60. The van der Waals surface area contributed by atoms with E-state index < -0.39 is 65.6 Å². The molecule has 0 unspecified atom stereocenters. The molecule has 0 bridgehead atoms. The van der Waals surface area contributed by atoms with Crippen molar-refractivity contribution in [3.63, 3.8) is 0 Å². The van der Waals surface area contributed by atoms with Crippen LogP contribution in [0.2, 0.25) is 0 Å². The molecule has 2 aliphatic heterocycles. The zero-order valence-corrected chi connectivity index (χ0v) is 26.1. The van der Waals surface area contributed by atoms with E-state index in [1.165, 1.54) is 0 Å². The fraction of sp³-hybridized carbons (Fsp3) is 0.742. The number of hydrogen-bond donors (Lipinski definition) is 0. The Balaban J connectivity index is 1.61. The van der Waals surface area contributed by atoms with Crippen LogP contribution in [0.3, 0.4) is 0 Å². The van der Waals surface area contributed by atoms with Crippen LogP contribution in [0, 0.1) is 11.3 Å². The van der Waals surface area contributed by atoms with Crippen LogP contribution in [0.15, 0.2) is 30.3 Å². The molecule has 224 valence electrons. The number of carbonyl (C=O) groups excluding carboxylic acids is 2. The van der Waals surface area contributed by atoms with E-state index in [-0.39, 0.29) is 11.7 Å². The van der Waals surface area contributed by atoms with Gasteiger partial charge < -0.3 is 28.4 Å². The van der Waals surface area contributed by atoms with Gasteiger partial charge in [0.1, 0.15) is 24.4 Å². The highest BCUT2D eigenvalue weighted by molar-refractivity contribution is 7.99. The lowest BCUT2D eigenvalue weighted by atomic mass is 9.84. The van der Waals surface area contributed by atoms with Gasteiger partial charge in [0.15, 0.2) is 23.8 Å². The van der Waals surface area contributed by atoms with Crippen molar-refractivity contribution < 1.29 is 38.0 Å². The topological polar surface area (TPSA) is 89.5 Å². The molecular weight excluding hydrogens is 532 g/mol. The Labute approximate surface area is 243 Å². The van der Waals surface area contributed by atoms with Crippen molar-refractivity contribution in [3.05, 3.63) is 35.9 Å². The molecule has 0 spiro atoms. The Morgan fingerprint density at radius 3 is 1.85 bits per heavy atom. The maximum atomic E-state index is 13.6. The third-order valence-electron chi connectivity index (χ3n) is 7.28. The van der Waals surface area contributed by atoms with E-state index in [0.29, 0.717) is 5.92 Å². The normalized spacial score (nSPS) is 31.4. The summed E-state index contributed by atoms with van der Waals surface area (Å²) in [6, 6.07) is 10.0. The van der Waals surface area contributed by atoms with Crippen molar-refractivity contribution in [1.29, 1.82) is 0 Å². The van der Waals surface area contributed by atoms with Crippen LogP contribution in [0.25, 0.3) is 0 Å². The van der Waals surface area contributed by atoms with Gasteiger partial charge in [0.05, 0.1) is 11.8 Å². The van der Waals surface area contributed by atoms with E-state index in [9.17, 15) is 9.59 Å². The summed E-state index contributed by atoms with van der Waals surface area (Å²) < 4.78 is 37.3. The molecule has 40 heavy (non-hydrogen) atoms. The van der Waals surface area contributed by atoms with Gasteiger partial charge in [-0.05, 0) is 72.1 Å². The minimum atomic E-state index is -0.942. The standard InChI is InChI=1S/C31H46O8S/c1-18(2)15-16-40-20(19-13-11-10-12-14-19)17-21(32)34-22-23(35-28(33)29(3,4)5)25-27(39-31(8,9)37-25)26-24(22)36-30(6,7)38-26/h10-14,18,20,22-27H,15-17H2,1-9H3/t20-,22-,23-,24+,25+,26+,27+/m1/s1. The largest absolute Gasteiger partial charge is 0.455 e. The van der Waals surface area contributed by atoms with Crippen LogP contribution in [0.1, 0.15) is 86.0 Å². The first-order valence-corrected chi connectivity index (χ1v) is 15.4. The fourth-order valence-electron chi connectivity index (χ4n) is 5.33. The lowest BCUT2D eigenvalue weighted by molar-refractivity contribution is -0.214. The van der Waals surface area contributed by atoms with Crippen molar-refractivity contribution in [3.8, 4) is 0 Å². The predicted molar refractivity (Wildman–Crippen MR) is 153 cm³/mol. The zero-order chi connectivity index (χ0) is 29.5. The molecule has 1 aliphatic carbocycles. The number of ether oxygens (including phenoxy) is 6. The molecule has 4 rings (SSSR count). The molecule has 1 aromatic carbocycles. The van der Waals surface area contributed by atoms with E-state index in [1.54, 1.807) is 32.5 Å². The van der Waals surface area contributed by atoms with E-state index >= 15 is 0 Å². The SMILES string of the molecule is CC(C)CCS[C@H](CC(=O)O[C@@H]1[C@@H](OC(=O)C(C)(C)C)[C@@H]2OC(C)(C)O[C@@H]2[C@H]2OC(C)(C)O[C@@H]12)c1ccccc1. The number of thioether (sulfide) groups is 1. The second-order valence-corrected chi connectivity index (χ2v) is 14.7. The summed E-state index contributed by atoms with van der Waals surface area (Å²) >= 11 is 1.76. The Hall–Kier alpha value is -1.65. The Kier molecular flexibility index (Phi) is 9.32. The first-order chi connectivity index (χ1) is 18.6. The minimum absolute atomic E-state index is 0.0719. The molecule has 9 heteroatoms. The summed E-state index contributed by atoms with van der Waals surface area (Å²) in [5.41, 5.74) is 0.301. The smallest absolute Gasteiger partial charge is 0.311 e. The summed E-state index contributed by atoms with van der Waals surface area (Å²) in [6.07, 6.45) is -3.14. The molecule has 1 saturated carbocycles. The average molecular weight is 579 g/mol. The number of benzene rings is 1. The number of carbonyl (C=O) groups is 2. The highest BCUT2D eigenvalue weighted by Crippen LogP contribution is 2.47. The van der Waals surface area contributed by atoms with Crippen molar-refractivity contribution in [2.45, 2.75) is 129 Å². The average Bonchev–Trinajstić information content (AvgIpc) is 3.34. The fourth-order valence-corrected chi connectivity index (χ4v) is 6.83. The minimum Gasteiger partial charge on any atom is -0.455 e. The molecular formula is C31H46O8S. The molecule has 0 radical (unpaired) electrons. The van der Waals surface area contributed by atoms with Crippen LogP contribution in [0.5, 0.6) is 0 Å². The van der Waals surface area contributed by atoms with Gasteiger partial charge in [0.25, 0.3) is 0 Å². The van der Waals surface area contributed by atoms with E-state index in [0.717, 1.165) is 17.7 Å². The number of rotatable bonds is 9. The van der Waals surface area contributed by atoms with Crippen molar-refractivity contribution in [1.82, 2.24) is 0 Å². The first-order valence-electron chi connectivity index (χ1n) is 14.3. The van der Waals surface area contributed by atoms with Crippen LogP contribution in [-0.4, -0.2) is 65.9 Å². The van der Waals surface area contributed by atoms with Gasteiger partial charge in [0, 0.05) is 5.25 Å². The molecule has 1 aromatic rings. The van der Waals surface area contributed by atoms with Crippen LogP contribution < -0.4 is 0 Å². The van der Waals surface area contributed by atoms with Gasteiger partial charge in [0.2, 0.25) is 0 Å². The van der Waals surface area contributed by atoms with E-state index in [1.807, 2.05) is 58.0 Å². The quantitative estimate of drug-likeness (QED) is 0.336. The third kappa shape index (κ3) is 7.40. The molecule has 3 fully saturated rings. The number of hydrogen-bond acceptors (Lipinski definition) is 9. The van der Waals surface area contributed by atoms with Gasteiger partial charge >= 0.3 is 11.9 Å². The highest BCUT2D eigenvalue weighted by Gasteiger charge is 2.66. The van der Waals surface area contributed by atoms with Crippen molar-refractivity contribution >= 4 is 23.7 Å². The van der Waals surface area contributed by atoms with Crippen molar-refractivity contribution in [2.24, 2.45) is 11.3 Å². The molecule has 0 aromatic heterocycles. The molecule has 0 N–H and O–H groups in total. The Morgan fingerprint density at radius 1 is 0.850 bits per heavy atom. The predicted octanol–water partition coefficient (Wildman–Crippen LogP) is 5.82. The maximum absolute atomic E-state index is 13.6. The summed E-state index contributed by atoms with van der Waals surface area (Å²) in [5, 5.41) is -0.0719. The van der Waals surface area contributed by atoms with Crippen molar-refractivity contribution in [2.75, 3.05) is 5.75 Å². The second-order valence-electron chi connectivity index (χ2n) is 13.4. The first kappa shape index (κ1) is 31.3. The number of fused-ring (bicyclic) bond motifs is 3. The molecule has 2 heterocycles. The summed E-state index contributed by atoms with van der Waals surface area (Å²) in [5.74, 6) is -1.19. The van der Waals surface area contributed by atoms with Gasteiger partial charge in [-0.25, -0.2) is 0 Å². The van der Waals surface area contributed by atoms with E-state index in [4.69, 9.17) is 28.4 Å². The van der Waals surface area contributed by atoms with E-state index in [2.05, 4.69) is 13.8 Å². The molecule has 8 nitrogen and oxygen atoms in total. The molecule has 3 aliphatic rings. The van der Waals surface area contributed by atoms with Gasteiger partial charge in [-0.1, -0.05) is 44.2 Å². The summed E-state index contributed by atoms with van der Waals surface area (Å²) in [4.78, 5) is 26.8. The monoisotopic (exact) mass is 578 g/mol. The second kappa shape index (κ2) is 11.9. The molecule has 0 amide bonds.